The van der Waals surface area contributed by atoms with Gasteiger partial charge in [-0.15, -0.1) is 0 Å². The Morgan fingerprint density at radius 3 is 2.71 bits per heavy atom. The van der Waals surface area contributed by atoms with Gasteiger partial charge in [-0.2, -0.15) is 0 Å². The second-order valence-electron chi connectivity index (χ2n) is 9.67. The summed E-state index contributed by atoms with van der Waals surface area (Å²) in [7, 11) is 5.54. The summed E-state index contributed by atoms with van der Waals surface area (Å²) in [6.07, 6.45) is 0.397. The van der Waals surface area contributed by atoms with E-state index in [2.05, 4.69) is 4.98 Å². The highest BCUT2D eigenvalue weighted by molar-refractivity contribution is 6.00. The lowest BCUT2D eigenvalue weighted by Crippen LogP contribution is -2.70. The number of ether oxygens (including phenoxy) is 1. The molecule has 0 spiro atoms. The van der Waals surface area contributed by atoms with E-state index in [0.717, 1.165) is 33.5 Å². The van der Waals surface area contributed by atoms with E-state index in [0.29, 0.717) is 19.5 Å². The van der Waals surface area contributed by atoms with Crippen molar-refractivity contribution in [3.8, 4) is 11.5 Å². The van der Waals surface area contributed by atoms with Gasteiger partial charge in [-0.05, 0) is 62.5 Å². The van der Waals surface area contributed by atoms with Gasteiger partial charge < -0.3 is 29.5 Å². The van der Waals surface area contributed by atoms with E-state index in [4.69, 9.17) is 4.74 Å². The number of carbonyl (C=O) groups excluding carboxylic acids is 2. The minimum absolute atomic E-state index is 0.0426. The first-order valence-corrected chi connectivity index (χ1v) is 11.5. The average Bonchev–Trinajstić information content (AvgIpc) is 3.16. The number of aromatic hydroxyl groups is 1. The molecule has 3 heterocycles. The molecule has 2 N–H and O–H groups in total. The van der Waals surface area contributed by atoms with Crippen molar-refractivity contribution in [3.05, 3.63) is 59.3 Å². The Hall–Kier alpha value is -3.52. The molecule has 8 nitrogen and oxygen atoms in total. The van der Waals surface area contributed by atoms with Crippen LogP contribution in [0.25, 0.3) is 10.9 Å². The van der Waals surface area contributed by atoms with Crippen molar-refractivity contribution >= 4 is 22.7 Å². The Morgan fingerprint density at radius 1 is 1.21 bits per heavy atom. The van der Waals surface area contributed by atoms with Gasteiger partial charge in [0.15, 0.2) is 0 Å². The maximum atomic E-state index is 13.9. The number of piperazine rings is 1. The zero-order valence-corrected chi connectivity index (χ0v) is 20.0. The van der Waals surface area contributed by atoms with Gasteiger partial charge >= 0.3 is 0 Å². The van der Waals surface area contributed by atoms with Crippen molar-refractivity contribution in [3.63, 3.8) is 0 Å². The highest BCUT2D eigenvalue weighted by Crippen LogP contribution is 2.47. The number of methoxy groups -OCH3 is 1. The van der Waals surface area contributed by atoms with Crippen LogP contribution in [0.3, 0.4) is 0 Å². The summed E-state index contributed by atoms with van der Waals surface area (Å²) >= 11 is 0. The number of aromatic amines is 1. The Morgan fingerprint density at radius 2 is 2.00 bits per heavy atom. The SMILES string of the molecule is COc1ccc2[nH]c3c(c2c1)C[C@@]1(C)C(=O)N(CCN(C)C)CC(=O)N1[C@@H]3c1cccc(O)c1. The second kappa shape index (κ2) is 8.06. The number of hydrogen-bond donors (Lipinski definition) is 2. The van der Waals surface area contributed by atoms with Crippen molar-refractivity contribution in [1.29, 1.82) is 0 Å². The number of phenols is 1. The van der Waals surface area contributed by atoms with E-state index < -0.39 is 11.6 Å². The predicted molar refractivity (Wildman–Crippen MR) is 129 cm³/mol. The number of nitrogens with zero attached hydrogens (tertiary/aromatic N) is 3. The van der Waals surface area contributed by atoms with Gasteiger partial charge in [0.25, 0.3) is 0 Å². The number of phenolic OH excluding ortho intramolecular Hbond substituents is 1. The molecule has 0 saturated carbocycles. The first-order chi connectivity index (χ1) is 16.2. The lowest BCUT2D eigenvalue weighted by atomic mass is 9.78. The van der Waals surface area contributed by atoms with Crippen LogP contribution in [0.2, 0.25) is 0 Å². The van der Waals surface area contributed by atoms with E-state index in [1.54, 1.807) is 35.1 Å². The molecule has 3 aromatic rings. The van der Waals surface area contributed by atoms with Gasteiger partial charge in [0.1, 0.15) is 17.0 Å². The fourth-order valence-corrected chi connectivity index (χ4v) is 5.40. The van der Waals surface area contributed by atoms with Gasteiger partial charge in [-0.3, -0.25) is 9.59 Å². The summed E-state index contributed by atoms with van der Waals surface area (Å²) in [6.45, 7) is 3.08. The largest absolute Gasteiger partial charge is 0.508 e. The van der Waals surface area contributed by atoms with Crippen molar-refractivity contribution in [2.75, 3.05) is 40.8 Å². The third kappa shape index (κ3) is 3.40. The van der Waals surface area contributed by atoms with Crippen LogP contribution in [-0.4, -0.2) is 83.0 Å². The molecular formula is C26H30N4O4. The normalized spacial score (nSPS) is 22.3. The predicted octanol–water partition coefficient (Wildman–Crippen LogP) is 2.52. The third-order valence-corrected chi connectivity index (χ3v) is 7.08. The van der Waals surface area contributed by atoms with Gasteiger partial charge in [0.05, 0.1) is 19.7 Å². The molecule has 0 unspecified atom stereocenters. The molecule has 0 bridgehead atoms. The molecule has 1 fully saturated rings. The zero-order chi connectivity index (χ0) is 24.2. The summed E-state index contributed by atoms with van der Waals surface area (Å²) in [4.78, 5) is 36.5. The van der Waals surface area contributed by atoms with Crippen LogP contribution < -0.4 is 4.74 Å². The molecule has 0 aliphatic carbocycles. The molecule has 2 amide bonds. The van der Waals surface area contributed by atoms with Gasteiger partial charge in [0, 0.05) is 36.1 Å². The van der Waals surface area contributed by atoms with Crippen molar-refractivity contribution < 1.29 is 19.4 Å². The van der Waals surface area contributed by atoms with E-state index in [-0.39, 0.29) is 24.1 Å². The number of amides is 2. The monoisotopic (exact) mass is 462 g/mol. The Balaban J connectivity index is 1.70. The maximum absolute atomic E-state index is 13.9. The Bertz CT molecular complexity index is 1280. The van der Waals surface area contributed by atoms with Crippen LogP contribution in [0.4, 0.5) is 0 Å². The molecule has 2 atom stereocenters. The number of nitrogens with one attached hydrogen (secondary N) is 1. The average molecular weight is 463 g/mol. The van der Waals surface area contributed by atoms with E-state index in [1.165, 1.54) is 0 Å². The highest BCUT2D eigenvalue weighted by atomic mass is 16.5. The highest BCUT2D eigenvalue weighted by Gasteiger charge is 2.55. The topological polar surface area (TPSA) is 89.1 Å². The number of H-pyrrole nitrogens is 1. The van der Waals surface area contributed by atoms with Crippen molar-refractivity contribution in [2.24, 2.45) is 0 Å². The molecule has 34 heavy (non-hydrogen) atoms. The van der Waals surface area contributed by atoms with Crippen LogP contribution in [0.1, 0.15) is 29.8 Å². The van der Waals surface area contributed by atoms with Crippen LogP contribution in [0.5, 0.6) is 11.5 Å². The van der Waals surface area contributed by atoms with Gasteiger partial charge in [-0.1, -0.05) is 12.1 Å². The molecule has 1 saturated heterocycles. The quantitative estimate of drug-likeness (QED) is 0.608. The fraction of sp³-hybridized carbons (Fsp3) is 0.385. The molecule has 5 rings (SSSR count). The van der Waals surface area contributed by atoms with Gasteiger partial charge in [-0.25, -0.2) is 0 Å². The lowest BCUT2D eigenvalue weighted by molar-refractivity contribution is -0.167. The van der Waals surface area contributed by atoms with Gasteiger partial charge in [0.2, 0.25) is 11.8 Å². The summed E-state index contributed by atoms with van der Waals surface area (Å²) in [5.41, 5.74) is 2.49. The standard InChI is InChI=1S/C26H30N4O4/c1-26-14-20-19-13-18(34-4)8-9-21(19)27-23(20)24(16-6-5-7-17(31)12-16)30(26)22(32)15-29(25(26)33)11-10-28(2)3/h5-9,12-13,24,27,31H,10-11,14-15H2,1-4H3/t24-,26+/m1/s1. The van der Waals surface area contributed by atoms with Crippen LogP contribution >= 0.6 is 0 Å². The Kier molecular flexibility index (Phi) is 5.28. The third-order valence-electron chi connectivity index (χ3n) is 7.08. The van der Waals surface area contributed by atoms with Crippen LogP contribution in [0.15, 0.2) is 42.5 Å². The van der Waals surface area contributed by atoms with Crippen LogP contribution in [0, 0.1) is 0 Å². The van der Waals surface area contributed by atoms with E-state index in [1.807, 2.05) is 50.2 Å². The lowest BCUT2D eigenvalue weighted by Gasteiger charge is -2.53. The molecule has 178 valence electrons. The number of carbonyl (C=O) groups is 2. The molecule has 2 aliphatic heterocycles. The first-order valence-electron chi connectivity index (χ1n) is 11.5. The van der Waals surface area contributed by atoms with Crippen LogP contribution in [-0.2, 0) is 16.0 Å². The molecule has 2 aromatic carbocycles. The fourth-order valence-electron chi connectivity index (χ4n) is 5.40. The number of fused-ring (bicyclic) bond motifs is 4. The minimum Gasteiger partial charge on any atom is -0.508 e. The second-order valence-corrected chi connectivity index (χ2v) is 9.67. The summed E-state index contributed by atoms with van der Waals surface area (Å²) in [5.74, 6) is 0.694. The molecule has 1 aromatic heterocycles. The van der Waals surface area contributed by atoms with Crippen molar-refractivity contribution in [2.45, 2.75) is 24.9 Å². The summed E-state index contributed by atoms with van der Waals surface area (Å²) < 4.78 is 5.46. The first kappa shape index (κ1) is 22.3. The zero-order valence-electron chi connectivity index (χ0n) is 20.0. The smallest absolute Gasteiger partial charge is 0.249 e. The molecule has 8 heteroatoms. The summed E-state index contributed by atoms with van der Waals surface area (Å²) in [5, 5.41) is 11.2. The maximum Gasteiger partial charge on any atom is 0.249 e. The van der Waals surface area contributed by atoms with E-state index in [9.17, 15) is 14.7 Å². The minimum atomic E-state index is -1.05. The van der Waals surface area contributed by atoms with E-state index >= 15 is 0 Å². The summed E-state index contributed by atoms with van der Waals surface area (Å²) in [6, 6.07) is 12.2. The molecule has 0 radical (unpaired) electrons. The number of hydrogen-bond acceptors (Lipinski definition) is 5. The number of benzene rings is 2. The number of likely N-dealkylation sites (N-methyl/N-ethyl adjacent to an activating group) is 1. The molecular weight excluding hydrogens is 432 g/mol. The van der Waals surface area contributed by atoms with Crippen molar-refractivity contribution in [1.82, 2.24) is 19.7 Å². The Labute approximate surface area is 198 Å². The number of rotatable bonds is 5. The number of aromatic nitrogens is 1. The molecule has 2 aliphatic rings.